The number of aliphatic hydroxyl groups is 1. The van der Waals surface area contributed by atoms with Gasteiger partial charge in [0.15, 0.2) is 0 Å². The van der Waals surface area contributed by atoms with Crippen molar-refractivity contribution >= 4 is 23.4 Å². The van der Waals surface area contributed by atoms with E-state index in [1.807, 2.05) is 0 Å². The minimum absolute atomic E-state index is 0.0386. The number of halogens is 1. The van der Waals surface area contributed by atoms with E-state index in [4.69, 9.17) is 11.6 Å². The summed E-state index contributed by atoms with van der Waals surface area (Å²) in [6, 6.07) is 8.70. The average Bonchev–Trinajstić information content (AvgIpc) is 2.65. The number of pyridine rings is 1. The van der Waals surface area contributed by atoms with Crippen molar-refractivity contribution in [3.63, 3.8) is 0 Å². The van der Waals surface area contributed by atoms with E-state index in [9.17, 15) is 19.8 Å². The zero-order valence-corrected chi connectivity index (χ0v) is 14.6. The maximum atomic E-state index is 12.4. The number of nitrogens with zero attached hydrogens (tertiary/aromatic N) is 2. The number of carbonyl (C=O) groups is 2. The van der Waals surface area contributed by atoms with E-state index in [1.54, 1.807) is 18.2 Å². The van der Waals surface area contributed by atoms with Gasteiger partial charge in [0.1, 0.15) is 11.4 Å². The lowest BCUT2D eigenvalue weighted by Gasteiger charge is -2.36. The van der Waals surface area contributed by atoms with Gasteiger partial charge in [-0.2, -0.15) is 0 Å². The summed E-state index contributed by atoms with van der Waals surface area (Å²) in [7, 11) is 0. The summed E-state index contributed by atoms with van der Waals surface area (Å²) in [5, 5.41) is 23.2. The Bertz CT molecular complexity index is 815. The predicted molar refractivity (Wildman–Crippen MR) is 95.1 cm³/mol. The molecule has 1 aliphatic heterocycles. The minimum atomic E-state index is -0.929. The number of aliphatic hydroxyl groups excluding tert-OH is 1. The predicted octanol–water partition coefficient (Wildman–Crippen LogP) is 1.45. The van der Waals surface area contributed by atoms with Crippen molar-refractivity contribution in [1.82, 2.24) is 15.2 Å². The van der Waals surface area contributed by atoms with Crippen molar-refractivity contribution in [2.75, 3.05) is 13.1 Å². The van der Waals surface area contributed by atoms with Crippen LogP contribution in [0.4, 0.5) is 0 Å². The molecule has 0 spiro atoms. The molecule has 136 valence electrons. The van der Waals surface area contributed by atoms with Gasteiger partial charge in [0.05, 0.1) is 17.7 Å². The molecule has 26 heavy (non-hydrogen) atoms. The van der Waals surface area contributed by atoms with Crippen molar-refractivity contribution in [1.29, 1.82) is 0 Å². The van der Waals surface area contributed by atoms with Gasteiger partial charge in [-0.05, 0) is 36.8 Å². The van der Waals surface area contributed by atoms with Crippen molar-refractivity contribution in [2.45, 2.75) is 18.6 Å². The largest absolute Gasteiger partial charge is 0.507 e. The molecule has 1 saturated heterocycles. The van der Waals surface area contributed by atoms with Crippen LogP contribution in [-0.2, 0) is 0 Å². The van der Waals surface area contributed by atoms with Crippen LogP contribution in [0.15, 0.2) is 42.6 Å². The van der Waals surface area contributed by atoms with Crippen molar-refractivity contribution < 1.29 is 19.8 Å². The van der Waals surface area contributed by atoms with Crippen LogP contribution < -0.4 is 5.32 Å². The fourth-order valence-corrected chi connectivity index (χ4v) is 3.04. The van der Waals surface area contributed by atoms with Gasteiger partial charge in [0.25, 0.3) is 11.8 Å². The van der Waals surface area contributed by atoms with Crippen molar-refractivity contribution in [3.8, 4) is 5.75 Å². The third-order valence-corrected chi connectivity index (χ3v) is 4.51. The highest BCUT2D eigenvalue weighted by molar-refractivity contribution is 6.31. The maximum Gasteiger partial charge on any atom is 0.272 e. The number of β-amino-alcohol motifs (C(OH)–C–C–N with tert-alkyl or cyclic N) is 1. The standard InChI is InChI=1S/C18H18ClN3O4/c19-11-4-5-15(23)12(9-11)17(25)21-13-6-8-22(10-16(13)24)18(26)14-3-1-2-7-20-14/h1-5,7,9,13,16,23-24H,6,8,10H2,(H,21,25)/t13-,16-/m1/s1. The van der Waals surface area contributed by atoms with Crippen molar-refractivity contribution in [3.05, 3.63) is 58.9 Å². The van der Waals surface area contributed by atoms with Crippen LogP contribution >= 0.6 is 11.6 Å². The fourth-order valence-electron chi connectivity index (χ4n) is 2.87. The summed E-state index contributed by atoms with van der Waals surface area (Å²) in [4.78, 5) is 30.3. The second-order valence-electron chi connectivity index (χ2n) is 6.06. The van der Waals surface area contributed by atoms with Gasteiger partial charge in [-0.1, -0.05) is 17.7 Å². The number of hydrogen-bond donors (Lipinski definition) is 3. The van der Waals surface area contributed by atoms with Crippen molar-refractivity contribution in [2.24, 2.45) is 0 Å². The molecule has 3 N–H and O–H groups in total. The van der Waals surface area contributed by atoms with Crippen LogP contribution in [0, 0.1) is 0 Å². The zero-order chi connectivity index (χ0) is 18.7. The number of rotatable bonds is 3. The summed E-state index contributed by atoms with van der Waals surface area (Å²) >= 11 is 5.85. The molecule has 2 heterocycles. The second-order valence-corrected chi connectivity index (χ2v) is 6.50. The van der Waals surface area contributed by atoms with Gasteiger partial charge < -0.3 is 20.4 Å². The molecule has 7 nitrogen and oxygen atoms in total. The van der Waals surface area contributed by atoms with Gasteiger partial charge in [-0.15, -0.1) is 0 Å². The lowest BCUT2D eigenvalue weighted by atomic mass is 10.0. The molecule has 2 aromatic rings. The number of aromatic hydroxyl groups is 1. The Morgan fingerprint density at radius 1 is 1.27 bits per heavy atom. The summed E-state index contributed by atoms with van der Waals surface area (Å²) in [5.74, 6) is -0.982. The van der Waals surface area contributed by atoms with E-state index in [0.29, 0.717) is 23.7 Å². The number of hydrogen-bond acceptors (Lipinski definition) is 5. The minimum Gasteiger partial charge on any atom is -0.507 e. The van der Waals surface area contributed by atoms with Gasteiger partial charge in [0, 0.05) is 24.3 Å². The molecule has 0 bridgehead atoms. The van der Waals surface area contributed by atoms with Crippen LogP contribution in [0.3, 0.4) is 0 Å². The average molecular weight is 376 g/mol. The van der Waals surface area contributed by atoms with E-state index < -0.39 is 18.1 Å². The number of aromatic nitrogens is 1. The molecule has 3 rings (SSSR count). The molecule has 0 saturated carbocycles. The van der Waals surface area contributed by atoms with E-state index in [0.717, 1.165) is 0 Å². The molecule has 1 aromatic heterocycles. The Balaban J connectivity index is 1.63. The zero-order valence-electron chi connectivity index (χ0n) is 13.8. The van der Waals surface area contributed by atoms with Gasteiger partial charge in [-0.25, -0.2) is 0 Å². The topological polar surface area (TPSA) is 103 Å². The van der Waals surface area contributed by atoms with Crippen LogP contribution in [0.25, 0.3) is 0 Å². The molecule has 0 unspecified atom stereocenters. The summed E-state index contributed by atoms with van der Waals surface area (Å²) in [5.41, 5.74) is 0.350. The summed E-state index contributed by atoms with van der Waals surface area (Å²) in [6.07, 6.45) is 0.989. The Kier molecular flexibility index (Phi) is 5.39. The van der Waals surface area contributed by atoms with Crippen LogP contribution in [-0.4, -0.2) is 57.1 Å². The molecule has 0 radical (unpaired) electrons. The Morgan fingerprint density at radius 2 is 2.08 bits per heavy atom. The first kappa shape index (κ1) is 18.2. The number of nitrogens with one attached hydrogen (secondary N) is 1. The molecule has 2 amide bonds. The number of piperidine rings is 1. The molecule has 1 fully saturated rings. The highest BCUT2D eigenvalue weighted by Gasteiger charge is 2.32. The Morgan fingerprint density at radius 3 is 2.77 bits per heavy atom. The number of phenolic OH excluding ortho intramolecular Hbond substituents is 1. The third-order valence-electron chi connectivity index (χ3n) is 4.27. The van der Waals surface area contributed by atoms with E-state index >= 15 is 0 Å². The highest BCUT2D eigenvalue weighted by atomic mass is 35.5. The second kappa shape index (κ2) is 7.72. The number of likely N-dealkylation sites (tertiary alicyclic amines) is 1. The highest BCUT2D eigenvalue weighted by Crippen LogP contribution is 2.22. The first-order valence-electron chi connectivity index (χ1n) is 8.13. The molecule has 0 aliphatic carbocycles. The van der Waals surface area contributed by atoms with Crippen LogP contribution in [0.2, 0.25) is 5.02 Å². The SMILES string of the molecule is O=C(N[C@@H]1CCN(C(=O)c2ccccn2)C[C@H]1O)c1cc(Cl)ccc1O. The summed E-state index contributed by atoms with van der Waals surface area (Å²) in [6.45, 7) is 0.459. The number of amides is 2. The molecule has 2 atom stereocenters. The Labute approximate surface area is 155 Å². The number of benzene rings is 1. The number of phenols is 1. The lowest BCUT2D eigenvalue weighted by molar-refractivity contribution is 0.0311. The molecule has 1 aliphatic rings. The lowest BCUT2D eigenvalue weighted by Crippen LogP contribution is -2.55. The quantitative estimate of drug-likeness (QED) is 0.753. The Hall–Kier alpha value is -2.64. The first-order chi connectivity index (χ1) is 12.5. The van der Waals surface area contributed by atoms with Crippen LogP contribution in [0.5, 0.6) is 5.75 Å². The molecular formula is C18H18ClN3O4. The normalized spacial score (nSPS) is 19.8. The third kappa shape index (κ3) is 3.95. The van der Waals surface area contributed by atoms with E-state index in [1.165, 1.54) is 29.3 Å². The smallest absolute Gasteiger partial charge is 0.272 e. The van der Waals surface area contributed by atoms with E-state index in [-0.39, 0.29) is 23.8 Å². The van der Waals surface area contributed by atoms with Crippen LogP contribution in [0.1, 0.15) is 27.3 Å². The van der Waals surface area contributed by atoms with Gasteiger partial charge in [-0.3, -0.25) is 14.6 Å². The monoisotopic (exact) mass is 375 g/mol. The molecular weight excluding hydrogens is 358 g/mol. The molecule has 1 aromatic carbocycles. The number of carbonyl (C=O) groups excluding carboxylic acids is 2. The van der Waals surface area contributed by atoms with Gasteiger partial charge >= 0.3 is 0 Å². The van der Waals surface area contributed by atoms with E-state index in [2.05, 4.69) is 10.3 Å². The molecule has 8 heteroatoms. The maximum absolute atomic E-state index is 12.4. The van der Waals surface area contributed by atoms with Gasteiger partial charge in [0.2, 0.25) is 0 Å². The first-order valence-corrected chi connectivity index (χ1v) is 8.51. The summed E-state index contributed by atoms with van der Waals surface area (Å²) < 4.78 is 0. The fraction of sp³-hybridized carbons (Fsp3) is 0.278.